The van der Waals surface area contributed by atoms with Gasteiger partial charge in [0.25, 0.3) is 0 Å². The van der Waals surface area contributed by atoms with Gasteiger partial charge in [-0.15, -0.1) is 0 Å². The van der Waals surface area contributed by atoms with Crippen LogP contribution in [0.25, 0.3) is 21.5 Å². The van der Waals surface area contributed by atoms with Crippen molar-refractivity contribution in [2.75, 3.05) is 35.2 Å². The van der Waals surface area contributed by atoms with E-state index in [2.05, 4.69) is 21.3 Å². The number of nitrogens with one attached hydrogen (secondary N) is 4. The minimum absolute atomic E-state index is 0.00424. The molecule has 0 heterocycles. The molecule has 0 aliphatic carbocycles. The first-order valence-electron chi connectivity index (χ1n) is 15.8. The molecule has 4 N–H and O–H groups in total. The van der Waals surface area contributed by atoms with Crippen molar-refractivity contribution in [3.63, 3.8) is 0 Å². The zero-order valence-electron chi connectivity index (χ0n) is 26.0. The van der Waals surface area contributed by atoms with Crippen LogP contribution in [0.1, 0.15) is 51.4 Å². The number of fused-ring (bicyclic) bond motifs is 2. The average Bonchev–Trinajstić information content (AvgIpc) is 3.06. The first-order chi connectivity index (χ1) is 22.5. The van der Waals surface area contributed by atoms with Crippen LogP contribution in [0.15, 0.2) is 84.9 Å². The Bertz CT molecular complexity index is 1480. The molecule has 0 aliphatic heterocycles. The maximum atomic E-state index is 12.4. The van der Waals surface area contributed by atoms with Crippen molar-refractivity contribution in [1.82, 2.24) is 10.6 Å². The molecule has 0 bridgehead atoms. The lowest BCUT2D eigenvalue weighted by Crippen LogP contribution is -2.27. The minimum atomic E-state index is -0.0592. The van der Waals surface area contributed by atoms with E-state index in [9.17, 15) is 19.2 Å². The third-order valence-electron chi connectivity index (χ3n) is 7.40. The predicted molar refractivity (Wildman–Crippen MR) is 193 cm³/mol. The molecule has 8 nitrogen and oxygen atoms in total. The number of anilines is 2. The van der Waals surface area contributed by atoms with E-state index in [0.29, 0.717) is 25.9 Å². The van der Waals surface area contributed by atoms with Crippen molar-refractivity contribution >= 4 is 78.1 Å². The molecule has 4 aromatic carbocycles. The van der Waals surface area contributed by atoms with Gasteiger partial charge in [0.05, 0.1) is 11.5 Å². The largest absolute Gasteiger partial charge is 0.355 e. The highest BCUT2D eigenvalue weighted by Crippen LogP contribution is 2.24. The number of carbonyl (C=O) groups excluding carboxylic acids is 4. The van der Waals surface area contributed by atoms with Gasteiger partial charge < -0.3 is 21.3 Å². The highest BCUT2D eigenvalue weighted by atomic mass is 33.1. The van der Waals surface area contributed by atoms with Crippen LogP contribution in [-0.4, -0.2) is 48.2 Å². The Hall–Kier alpha value is -4.02. The summed E-state index contributed by atoms with van der Waals surface area (Å²) in [6, 6.07) is 27.7. The van der Waals surface area contributed by atoms with E-state index < -0.39 is 0 Å². The van der Waals surface area contributed by atoms with E-state index >= 15 is 0 Å². The molecule has 0 saturated heterocycles. The SMILES string of the molecule is O=C(CSSCC(=O)NCCCCCC(=O)Nc1cccc2ccccc12)NCCCCCC(=O)Nc1cccc2ccccc12. The van der Waals surface area contributed by atoms with E-state index in [4.69, 9.17) is 0 Å². The molecule has 0 fully saturated rings. The summed E-state index contributed by atoms with van der Waals surface area (Å²) >= 11 is 0. The quantitative estimate of drug-likeness (QED) is 0.0621. The van der Waals surface area contributed by atoms with Crippen molar-refractivity contribution in [3.05, 3.63) is 84.9 Å². The van der Waals surface area contributed by atoms with E-state index in [0.717, 1.165) is 71.4 Å². The maximum Gasteiger partial charge on any atom is 0.230 e. The second-order valence-corrected chi connectivity index (χ2v) is 13.5. The smallest absolute Gasteiger partial charge is 0.230 e. The van der Waals surface area contributed by atoms with Crippen molar-refractivity contribution in [2.24, 2.45) is 0 Å². The molecule has 0 aromatic heterocycles. The highest BCUT2D eigenvalue weighted by molar-refractivity contribution is 8.77. The van der Waals surface area contributed by atoms with Gasteiger partial charge in [-0.1, -0.05) is 107 Å². The average molecular weight is 659 g/mol. The highest BCUT2D eigenvalue weighted by Gasteiger charge is 2.08. The lowest BCUT2D eigenvalue weighted by atomic mass is 10.1. The summed E-state index contributed by atoms with van der Waals surface area (Å²) in [6.45, 7) is 1.14. The summed E-state index contributed by atoms with van der Waals surface area (Å²) in [5.74, 6) is 0.441. The second-order valence-electron chi connectivity index (χ2n) is 11.0. The van der Waals surface area contributed by atoms with Crippen LogP contribution in [0.3, 0.4) is 0 Å². The fourth-order valence-corrected chi connectivity index (χ4v) is 6.74. The van der Waals surface area contributed by atoms with E-state index in [1.165, 1.54) is 21.6 Å². The standard InChI is InChI=1S/C36H42N4O4S2/c41-33(39-31-19-11-15-27-13-5-7-17-29(27)31)21-3-1-9-23-37-35(43)25-45-46-26-36(44)38-24-10-2-4-22-34(42)40-32-20-12-16-28-14-6-8-18-30(28)32/h5-8,11-20H,1-4,9-10,21-26H2,(H,37,43)(H,38,44)(H,39,41)(H,40,42). The Morgan fingerprint density at radius 1 is 0.457 bits per heavy atom. The Kier molecular flexibility index (Phi) is 14.8. The Balaban J connectivity index is 0.938. The van der Waals surface area contributed by atoms with Crippen LogP contribution in [0.2, 0.25) is 0 Å². The zero-order valence-corrected chi connectivity index (χ0v) is 27.7. The Morgan fingerprint density at radius 2 is 0.870 bits per heavy atom. The normalized spacial score (nSPS) is 10.9. The molecule has 0 unspecified atom stereocenters. The monoisotopic (exact) mass is 658 g/mol. The number of unbranched alkanes of at least 4 members (excludes halogenated alkanes) is 4. The topological polar surface area (TPSA) is 116 Å². The number of benzene rings is 4. The maximum absolute atomic E-state index is 12.4. The predicted octanol–water partition coefficient (Wildman–Crippen LogP) is 7.30. The first kappa shape index (κ1) is 34.8. The van der Waals surface area contributed by atoms with Gasteiger partial charge in [0.2, 0.25) is 23.6 Å². The molecule has 242 valence electrons. The van der Waals surface area contributed by atoms with Gasteiger partial charge in [-0.25, -0.2) is 0 Å². The summed E-state index contributed by atoms with van der Waals surface area (Å²) in [7, 11) is 2.72. The number of amides is 4. The Labute approximate surface area is 278 Å². The van der Waals surface area contributed by atoms with E-state index in [1.54, 1.807) is 0 Å². The molecule has 0 radical (unpaired) electrons. The van der Waals surface area contributed by atoms with Gasteiger partial charge >= 0.3 is 0 Å². The molecule has 4 rings (SSSR count). The molecule has 10 heteroatoms. The molecular weight excluding hydrogens is 617 g/mol. The van der Waals surface area contributed by atoms with Gasteiger partial charge in [0, 0.05) is 48.1 Å². The van der Waals surface area contributed by atoms with Crippen LogP contribution >= 0.6 is 21.6 Å². The summed E-state index contributed by atoms with van der Waals surface area (Å²) in [6.07, 6.45) is 5.71. The third kappa shape index (κ3) is 12.1. The van der Waals surface area contributed by atoms with E-state index in [1.807, 2.05) is 84.9 Å². The third-order valence-corrected chi connectivity index (χ3v) is 9.53. The molecule has 0 aliphatic rings. The second kappa shape index (κ2) is 19.5. The number of hydrogen-bond donors (Lipinski definition) is 4. The fraction of sp³-hybridized carbons (Fsp3) is 0.333. The van der Waals surface area contributed by atoms with Crippen LogP contribution in [0.4, 0.5) is 11.4 Å². The van der Waals surface area contributed by atoms with Gasteiger partial charge in [-0.3, -0.25) is 19.2 Å². The summed E-state index contributed by atoms with van der Waals surface area (Å²) in [5.41, 5.74) is 1.66. The molecule has 4 amide bonds. The van der Waals surface area contributed by atoms with Gasteiger partial charge in [-0.05, 0) is 48.6 Å². The van der Waals surface area contributed by atoms with Gasteiger partial charge in [-0.2, -0.15) is 0 Å². The van der Waals surface area contributed by atoms with Crippen LogP contribution in [0.5, 0.6) is 0 Å². The van der Waals surface area contributed by atoms with Crippen molar-refractivity contribution in [2.45, 2.75) is 51.4 Å². The minimum Gasteiger partial charge on any atom is -0.355 e. The van der Waals surface area contributed by atoms with Crippen LogP contribution < -0.4 is 21.3 Å². The lowest BCUT2D eigenvalue weighted by Gasteiger charge is -2.09. The van der Waals surface area contributed by atoms with Gasteiger partial charge in [0.15, 0.2) is 0 Å². The number of carbonyl (C=O) groups is 4. The molecular formula is C36H42N4O4S2. The fourth-order valence-electron chi connectivity index (χ4n) is 5.02. The number of hydrogen-bond acceptors (Lipinski definition) is 6. The summed E-state index contributed by atoms with van der Waals surface area (Å²) in [5, 5.41) is 16.1. The van der Waals surface area contributed by atoms with Crippen molar-refractivity contribution in [3.8, 4) is 0 Å². The van der Waals surface area contributed by atoms with E-state index in [-0.39, 0.29) is 35.1 Å². The summed E-state index contributed by atoms with van der Waals surface area (Å²) < 4.78 is 0. The summed E-state index contributed by atoms with van der Waals surface area (Å²) in [4.78, 5) is 48.9. The van der Waals surface area contributed by atoms with Crippen molar-refractivity contribution < 1.29 is 19.2 Å². The number of rotatable bonds is 19. The van der Waals surface area contributed by atoms with Crippen molar-refractivity contribution in [1.29, 1.82) is 0 Å². The first-order valence-corrected chi connectivity index (χ1v) is 18.3. The van der Waals surface area contributed by atoms with Gasteiger partial charge in [0.1, 0.15) is 0 Å². The Morgan fingerprint density at radius 3 is 1.33 bits per heavy atom. The zero-order chi connectivity index (χ0) is 32.4. The molecule has 0 spiro atoms. The molecule has 0 atom stereocenters. The van der Waals surface area contributed by atoms with Crippen LogP contribution in [0, 0.1) is 0 Å². The lowest BCUT2D eigenvalue weighted by molar-refractivity contribution is -0.119. The van der Waals surface area contributed by atoms with Crippen LogP contribution in [-0.2, 0) is 19.2 Å². The molecule has 4 aromatic rings. The molecule has 0 saturated carbocycles. The molecule has 46 heavy (non-hydrogen) atoms.